The lowest BCUT2D eigenvalue weighted by Gasteiger charge is -2.29. The predicted molar refractivity (Wildman–Crippen MR) is 81.3 cm³/mol. The lowest BCUT2D eigenvalue weighted by atomic mass is 10.1. The largest absolute Gasteiger partial charge is 0.496 e. The van der Waals surface area contributed by atoms with Crippen LogP contribution in [0.4, 0.5) is 0 Å². The Bertz CT molecular complexity index is 417. The van der Waals surface area contributed by atoms with Gasteiger partial charge in [0.05, 0.1) is 20.3 Å². The Morgan fingerprint density at radius 3 is 2.80 bits per heavy atom. The third-order valence-corrected chi connectivity index (χ3v) is 3.71. The van der Waals surface area contributed by atoms with Crippen molar-refractivity contribution in [2.45, 2.75) is 26.4 Å². The molecule has 1 unspecified atom stereocenters. The number of hydrogen-bond acceptors (Lipinski definition) is 4. The van der Waals surface area contributed by atoms with Gasteiger partial charge in [-0.3, -0.25) is 4.90 Å². The molecular weight excluding hydrogens is 252 g/mol. The van der Waals surface area contributed by atoms with E-state index in [1.807, 2.05) is 6.07 Å². The molecule has 1 aromatic carbocycles. The number of benzene rings is 1. The highest BCUT2D eigenvalue weighted by Crippen LogP contribution is 2.19. The molecule has 1 saturated heterocycles. The van der Waals surface area contributed by atoms with Crippen LogP contribution in [0, 0.1) is 6.92 Å². The van der Waals surface area contributed by atoms with Crippen LogP contribution in [0.1, 0.15) is 18.1 Å². The van der Waals surface area contributed by atoms with Crippen molar-refractivity contribution in [2.75, 3.05) is 40.0 Å². The van der Waals surface area contributed by atoms with E-state index in [-0.39, 0.29) is 0 Å². The number of morpholine rings is 1. The zero-order chi connectivity index (χ0) is 14.4. The van der Waals surface area contributed by atoms with Crippen LogP contribution in [0.5, 0.6) is 5.75 Å². The number of rotatable bonds is 6. The van der Waals surface area contributed by atoms with E-state index in [4.69, 9.17) is 9.47 Å². The molecule has 1 aromatic rings. The molecule has 0 aliphatic carbocycles. The number of methoxy groups -OCH3 is 1. The van der Waals surface area contributed by atoms with E-state index >= 15 is 0 Å². The summed E-state index contributed by atoms with van der Waals surface area (Å²) in [7, 11) is 1.73. The van der Waals surface area contributed by atoms with Crippen LogP contribution in [0.15, 0.2) is 18.2 Å². The molecule has 0 amide bonds. The third-order valence-electron chi connectivity index (χ3n) is 3.71. The lowest BCUT2D eigenvalue weighted by molar-refractivity contribution is 0.0343. The summed E-state index contributed by atoms with van der Waals surface area (Å²) in [6, 6.07) is 6.77. The van der Waals surface area contributed by atoms with Crippen LogP contribution in [0.25, 0.3) is 0 Å². The topological polar surface area (TPSA) is 33.7 Å². The molecule has 1 aliphatic rings. The summed E-state index contributed by atoms with van der Waals surface area (Å²) in [5, 5.41) is 3.59. The summed E-state index contributed by atoms with van der Waals surface area (Å²) in [6.45, 7) is 10.1. The maximum atomic E-state index is 5.42. The van der Waals surface area contributed by atoms with Crippen molar-refractivity contribution in [2.24, 2.45) is 0 Å². The molecule has 1 fully saturated rings. The normalized spacial score (nSPS) is 17.9. The van der Waals surface area contributed by atoms with Crippen LogP contribution in [-0.2, 0) is 11.3 Å². The van der Waals surface area contributed by atoms with Gasteiger partial charge in [0.25, 0.3) is 0 Å². The van der Waals surface area contributed by atoms with Gasteiger partial charge in [-0.1, -0.05) is 17.7 Å². The van der Waals surface area contributed by atoms with Gasteiger partial charge in [-0.05, 0) is 19.9 Å². The second kappa shape index (κ2) is 7.62. The number of aryl methyl sites for hydroxylation is 1. The molecule has 4 heteroatoms. The predicted octanol–water partition coefficient (Wildman–Crippen LogP) is 1.81. The zero-order valence-electron chi connectivity index (χ0n) is 12.8. The van der Waals surface area contributed by atoms with Crippen molar-refractivity contribution in [3.8, 4) is 5.75 Å². The Morgan fingerprint density at radius 2 is 2.10 bits per heavy atom. The van der Waals surface area contributed by atoms with Gasteiger partial charge in [0.2, 0.25) is 0 Å². The highest BCUT2D eigenvalue weighted by atomic mass is 16.5. The van der Waals surface area contributed by atoms with E-state index in [1.54, 1.807) is 7.11 Å². The van der Waals surface area contributed by atoms with Crippen molar-refractivity contribution in [1.29, 1.82) is 0 Å². The molecular formula is C16H26N2O2. The average molecular weight is 278 g/mol. The highest BCUT2D eigenvalue weighted by molar-refractivity contribution is 5.36. The first-order valence-electron chi connectivity index (χ1n) is 7.36. The summed E-state index contributed by atoms with van der Waals surface area (Å²) in [4.78, 5) is 2.45. The minimum atomic E-state index is 0.457. The van der Waals surface area contributed by atoms with E-state index in [0.29, 0.717) is 6.04 Å². The first-order chi connectivity index (χ1) is 9.69. The summed E-state index contributed by atoms with van der Waals surface area (Å²) in [5.41, 5.74) is 2.49. The maximum absolute atomic E-state index is 5.42. The Balaban J connectivity index is 1.83. The van der Waals surface area contributed by atoms with E-state index < -0.39 is 0 Å². The summed E-state index contributed by atoms with van der Waals surface area (Å²) >= 11 is 0. The van der Waals surface area contributed by atoms with E-state index in [2.05, 4.69) is 36.2 Å². The third kappa shape index (κ3) is 4.47. The number of nitrogens with one attached hydrogen (secondary N) is 1. The molecule has 20 heavy (non-hydrogen) atoms. The van der Waals surface area contributed by atoms with Crippen molar-refractivity contribution < 1.29 is 9.47 Å². The molecule has 4 nitrogen and oxygen atoms in total. The molecule has 0 saturated carbocycles. The van der Waals surface area contributed by atoms with Gasteiger partial charge in [0, 0.05) is 37.8 Å². The van der Waals surface area contributed by atoms with Gasteiger partial charge in [-0.25, -0.2) is 0 Å². The highest BCUT2D eigenvalue weighted by Gasteiger charge is 2.13. The molecule has 1 heterocycles. The fourth-order valence-corrected chi connectivity index (χ4v) is 2.57. The molecule has 112 valence electrons. The molecule has 1 N–H and O–H groups in total. The van der Waals surface area contributed by atoms with E-state index in [0.717, 1.165) is 45.1 Å². The molecule has 1 aliphatic heterocycles. The Hall–Kier alpha value is -1.10. The van der Waals surface area contributed by atoms with Crippen molar-refractivity contribution in [1.82, 2.24) is 10.2 Å². The molecule has 0 bridgehead atoms. The minimum Gasteiger partial charge on any atom is -0.496 e. The van der Waals surface area contributed by atoms with Crippen LogP contribution < -0.4 is 10.1 Å². The SMILES string of the molecule is COc1ccc(C)cc1CNC(C)CN1CCOCC1. The molecule has 0 radical (unpaired) electrons. The molecule has 0 spiro atoms. The van der Waals surface area contributed by atoms with E-state index in [9.17, 15) is 0 Å². The van der Waals surface area contributed by atoms with E-state index in [1.165, 1.54) is 11.1 Å². The van der Waals surface area contributed by atoms with Crippen LogP contribution >= 0.6 is 0 Å². The Kier molecular flexibility index (Phi) is 5.83. The zero-order valence-corrected chi connectivity index (χ0v) is 12.8. The second-order valence-corrected chi connectivity index (χ2v) is 5.51. The van der Waals surface area contributed by atoms with Gasteiger partial charge < -0.3 is 14.8 Å². The maximum Gasteiger partial charge on any atom is 0.123 e. The van der Waals surface area contributed by atoms with Crippen molar-refractivity contribution in [3.05, 3.63) is 29.3 Å². The van der Waals surface area contributed by atoms with Crippen molar-refractivity contribution >= 4 is 0 Å². The second-order valence-electron chi connectivity index (χ2n) is 5.51. The summed E-state index contributed by atoms with van der Waals surface area (Å²) < 4.78 is 10.8. The fourth-order valence-electron chi connectivity index (χ4n) is 2.57. The molecule has 2 rings (SSSR count). The van der Waals surface area contributed by atoms with Crippen molar-refractivity contribution in [3.63, 3.8) is 0 Å². The van der Waals surface area contributed by atoms with Gasteiger partial charge in [-0.15, -0.1) is 0 Å². The van der Waals surface area contributed by atoms with Crippen LogP contribution in [0.2, 0.25) is 0 Å². The van der Waals surface area contributed by atoms with Gasteiger partial charge in [0.15, 0.2) is 0 Å². The monoisotopic (exact) mass is 278 g/mol. The molecule has 1 atom stereocenters. The summed E-state index contributed by atoms with van der Waals surface area (Å²) in [6.07, 6.45) is 0. The minimum absolute atomic E-state index is 0.457. The smallest absolute Gasteiger partial charge is 0.123 e. The van der Waals surface area contributed by atoms with Gasteiger partial charge in [0.1, 0.15) is 5.75 Å². The number of ether oxygens (including phenoxy) is 2. The van der Waals surface area contributed by atoms with Gasteiger partial charge >= 0.3 is 0 Å². The fraction of sp³-hybridized carbons (Fsp3) is 0.625. The van der Waals surface area contributed by atoms with Crippen LogP contribution in [-0.4, -0.2) is 50.9 Å². The average Bonchev–Trinajstić information content (AvgIpc) is 2.46. The first kappa shape index (κ1) is 15.3. The lowest BCUT2D eigenvalue weighted by Crippen LogP contribution is -2.44. The quantitative estimate of drug-likeness (QED) is 0.860. The number of hydrogen-bond donors (Lipinski definition) is 1. The Labute approximate surface area is 122 Å². The van der Waals surface area contributed by atoms with Crippen LogP contribution in [0.3, 0.4) is 0 Å². The molecule has 0 aromatic heterocycles. The summed E-state index contributed by atoms with van der Waals surface area (Å²) in [5.74, 6) is 0.960. The first-order valence-corrected chi connectivity index (χ1v) is 7.36. The van der Waals surface area contributed by atoms with Gasteiger partial charge in [-0.2, -0.15) is 0 Å². The standard InChI is InChI=1S/C16H26N2O2/c1-13-4-5-16(19-3)15(10-13)11-17-14(2)12-18-6-8-20-9-7-18/h4-5,10,14,17H,6-9,11-12H2,1-3H3. The Morgan fingerprint density at radius 1 is 1.35 bits per heavy atom. The number of nitrogens with zero attached hydrogens (tertiary/aromatic N) is 1.